The topological polar surface area (TPSA) is 93.1 Å². The molecule has 1 N–H and O–H groups in total. The largest absolute Gasteiger partial charge is 0.335 e. The van der Waals surface area contributed by atoms with Crippen LogP contribution in [0.5, 0.6) is 0 Å². The number of nitrogens with one attached hydrogen (secondary N) is 1. The van der Waals surface area contributed by atoms with Crippen LogP contribution in [-0.4, -0.2) is 35.8 Å². The molecule has 3 rings (SSSR count). The van der Waals surface area contributed by atoms with Crippen molar-refractivity contribution in [1.82, 2.24) is 35.8 Å². The summed E-state index contributed by atoms with van der Waals surface area (Å²) in [5.74, 6) is 0. The molecule has 0 atom stereocenters. The molecule has 0 unspecified atom stereocenters. The van der Waals surface area contributed by atoms with Crippen molar-refractivity contribution in [1.29, 1.82) is 0 Å². The molecule has 0 aliphatic carbocycles. The first-order valence-electron chi connectivity index (χ1n) is 3.60. The first-order chi connectivity index (χ1) is 6.45. The normalized spacial score (nSPS) is 11.1. The van der Waals surface area contributed by atoms with Crippen LogP contribution in [0.2, 0.25) is 0 Å². The van der Waals surface area contributed by atoms with Crippen LogP contribution in [0.15, 0.2) is 12.3 Å². The number of hydrogen-bond donors (Lipinski definition) is 1. The van der Waals surface area contributed by atoms with E-state index in [9.17, 15) is 0 Å². The minimum Gasteiger partial charge on any atom is -0.335 e. The predicted octanol–water partition coefficient (Wildman–Crippen LogP) is -0.309. The molecule has 3 aromatic rings. The van der Waals surface area contributed by atoms with Crippen LogP contribution in [0, 0.1) is 0 Å². The first kappa shape index (κ1) is 6.35. The lowest BCUT2D eigenvalue weighted by Gasteiger charge is -1.82. The number of aromatic nitrogens is 7. The first-order valence-corrected chi connectivity index (χ1v) is 3.60. The van der Waals surface area contributed by atoms with E-state index in [1.54, 1.807) is 12.3 Å². The maximum Gasteiger partial charge on any atom is 0.185 e. The summed E-state index contributed by atoms with van der Waals surface area (Å²) in [7, 11) is 0. The van der Waals surface area contributed by atoms with E-state index in [2.05, 4.69) is 35.8 Å². The van der Waals surface area contributed by atoms with Crippen molar-refractivity contribution in [3.05, 3.63) is 12.3 Å². The molecule has 7 heteroatoms. The minimum absolute atomic E-state index is 0.575. The van der Waals surface area contributed by atoms with Gasteiger partial charge >= 0.3 is 0 Å². The van der Waals surface area contributed by atoms with Crippen LogP contribution in [-0.2, 0) is 0 Å². The lowest BCUT2D eigenvalue weighted by molar-refractivity contribution is 0.794. The Bertz CT molecular complexity index is 521. The minimum atomic E-state index is 0.575. The molecular weight excluding hydrogens is 170 g/mol. The van der Waals surface area contributed by atoms with Gasteiger partial charge in [0.2, 0.25) is 0 Å². The van der Waals surface area contributed by atoms with Crippen LogP contribution in [0.4, 0.5) is 0 Å². The van der Waals surface area contributed by atoms with E-state index in [4.69, 9.17) is 0 Å². The van der Waals surface area contributed by atoms with Gasteiger partial charge < -0.3 is 4.98 Å². The Hall–Kier alpha value is -2.18. The zero-order valence-corrected chi connectivity index (χ0v) is 6.34. The molecular formula is C6H3N7. The molecule has 3 aromatic heterocycles. The summed E-state index contributed by atoms with van der Waals surface area (Å²) in [6, 6.07) is 1.80. The van der Waals surface area contributed by atoms with Crippen molar-refractivity contribution < 1.29 is 0 Å². The van der Waals surface area contributed by atoms with Gasteiger partial charge in [0.1, 0.15) is 5.52 Å². The van der Waals surface area contributed by atoms with Crippen molar-refractivity contribution in [2.24, 2.45) is 0 Å². The number of aromatic amines is 1. The van der Waals surface area contributed by atoms with Crippen LogP contribution in [0.3, 0.4) is 0 Å². The highest BCUT2D eigenvalue weighted by molar-refractivity contribution is 5.99. The maximum atomic E-state index is 3.92. The number of nitrogens with zero attached hydrogens (tertiary/aromatic N) is 6. The number of H-pyrrole nitrogens is 1. The third kappa shape index (κ3) is 0.776. The smallest absolute Gasteiger partial charge is 0.185 e. The van der Waals surface area contributed by atoms with E-state index in [-0.39, 0.29) is 0 Å². The van der Waals surface area contributed by atoms with Crippen molar-refractivity contribution in [2.45, 2.75) is 0 Å². The molecule has 0 amide bonds. The van der Waals surface area contributed by atoms with E-state index >= 15 is 0 Å². The molecule has 13 heavy (non-hydrogen) atoms. The molecule has 7 nitrogen and oxygen atoms in total. The summed E-state index contributed by atoms with van der Waals surface area (Å²) in [5, 5.41) is 22.1. The summed E-state index contributed by atoms with van der Waals surface area (Å²) in [4.78, 5) is 3.00. The van der Waals surface area contributed by atoms with Crippen LogP contribution < -0.4 is 0 Å². The average molecular weight is 173 g/mol. The van der Waals surface area contributed by atoms with Gasteiger partial charge in [-0.2, -0.15) is 5.10 Å². The van der Waals surface area contributed by atoms with Gasteiger partial charge in [-0.25, -0.2) is 0 Å². The second-order valence-corrected chi connectivity index (χ2v) is 2.49. The lowest BCUT2D eigenvalue weighted by Crippen LogP contribution is -1.90. The second kappa shape index (κ2) is 2.16. The molecule has 0 aliphatic rings. The molecule has 3 heterocycles. The fraction of sp³-hybridized carbons (Fsp3) is 0. The Kier molecular flexibility index (Phi) is 1.05. The monoisotopic (exact) mass is 173 g/mol. The fourth-order valence-electron chi connectivity index (χ4n) is 1.20. The van der Waals surface area contributed by atoms with Crippen molar-refractivity contribution in [3.8, 4) is 0 Å². The van der Waals surface area contributed by atoms with E-state index in [0.29, 0.717) is 16.7 Å². The summed E-state index contributed by atoms with van der Waals surface area (Å²) in [5.41, 5.74) is 2.67. The van der Waals surface area contributed by atoms with Gasteiger partial charge in [-0.1, -0.05) is 0 Å². The van der Waals surface area contributed by atoms with Gasteiger partial charge in [0.15, 0.2) is 11.2 Å². The fourth-order valence-corrected chi connectivity index (χ4v) is 1.20. The van der Waals surface area contributed by atoms with Crippen molar-refractivity contribution in [3.63, 3.8) is 0 Å². The maximum absolute atomic E-state index is 3.92. The quantitative estimate of drug-likeness (QED) is 0.501. The summed E-state index contributed by atoms with van der Waals surface area (Å²) in [6.07, 6.45) is 1.60. The van der Waals surface area contributed by atoms with Crippen molar-refractivity contribution in [2.75, 3.05) is 0 Å². The van der Waals surface area contributed by atoms with Gasteiger partial charge in [0, 0.05) is 0 Å². The zero-order chi connectivity index (χ0) is 8.67. The lowest BCUT2D eigenvalue weighted by atomic mass is 10.4. The van der Waals surface area contributed by atoms with Crippen LogP contribution in [0.25, 0.3) is 22.2 Å². The summed E-state index contributed by atoms with van der Waals surface area (Å²) in [6.45, 7) is 0. The second-order valence-electron chi connectivity index (χ2n) is 2.49. The predicted molar refractivity (Wildman–Crippen MR) is 42.6 cm³/mol. The Morgan fingerprint density at radius 1 is 1.00 bits per heavy atom. The highest BCUT2D eigenvalue weighted by atomic mass is 15.4. The highest BCUT2D eigenvalue weighted by Gasteiger charge is 2.07. The van der Waals surface area contributed by atoms with E-state index in [0.717, 1.165) is 5.52 Å². The van der Waals surface area contributed by atoms with E-state index in [1.165, 1.54) is 0 Å². The summed E-state index contributed by atoms with van der Waals surface area (Å²) < 4.78 is 0. The number of fused-ring (bicyclic) bond motifs is 3. The zero-order valence-electron chi connectivity index (χ0n) is 6.34. The Morgan fingerprint density at radius 3 is 2.92 bits per heavy atom. The van der Waals surface area contributed by atoms with E-state index < -0.39 is 0 Å². The molecule has 62 valence electrons. The van der Waals surface area contributed by atoms with E-state index in [1.807, 2.05) is 0 Å². The SMILES string of the molecule is c1cc2[nH]c3nnnnc3c2nn1. The van der Waals surface area contributed by atoms with Gasteiger partial charge in [0.25, 0.3) is 0 Å². The van der Waals surface area contributed by atoms with Crippen LogP contribution in [0.1, 0.15) is 0 Å². The van der Waals surface area contributed by atoms with Gasteiger partial charge in [-0.05, 0) is 16.5 Å². The molecule has 0 fully saturated rings. The van der Waals surface area contributed by atoms with Gasteiger partial charge in [-0.3, -0.25) is 0 Å². The molecule has 0 aliphatic heterocycles. The molecule has 0 radical (unpaired) electrons. The van der Waals surface area contributed by atoms with Crippen molar-refractivity contribution >= 4 is 22.2 Å². The molecule has 0 aromatic carbocycles. The number of rotatable bonds is 0. The van der Waals surface area contributed by atoms with Gasteiger partial charge in [-0.15, -0.1) is 15.3 Å². The molecule has 0 bridgehead atoms. The third-order valence-corrected chi connectivity index (χ3v) is 1.75. The standard InChI is InChI=1S/C6H3N7/c1-2-7-9-4-3(1)8-6-5(4)10-12-13-11-6/h1-2H,(H,8,11,12). The Morgan fingerprint density at radius 2 is 1.92 bits per heavy atom. The molecule has 0 saturated heterocycles. The average Bonchev–Trinajstić information content (AvgIpc) is 2.56. The third-order valence-electron chi connectivity index (χ3n) is 1.75. The highest BCUT2D eigenvalue weighted by Crippen LogP contribution is 2.16. The molecule has 0 saturated carbocycles. The van der Waals surface area contributed by atoms with Crippen LogP contribution >= 0.6 is 0 Å². The Balaban J connectivity index is 2.64. The Labute approximate surface area is 71.2 Å². The van der Waals surface area contributed by atoms with Gasteiger partial charge in [0.05, 0.1) is 11.7 Å². The molecule has 0 spiro atoms. The number of hydrogen-bond acceptors (Lipinski definition) is 6. The summed E-state index contributed by atoms with van der Waals surface area (Å²) >= 11 is 0.